The second kappa shape index (κ2) is 29.0. The van der Waals surface area contributed by atoms with Crippen molar-refractivity contribution in [2.75, 3.05) is 19.8 Å². The van der Waals surface area contributed by atoms with Crippen molar-refractivity contribution in [2.45, 2.75) is 234 Å². The van der Waals surface area contributed by atoms with Crippen LogP contribution < -0.4 is 0 Å². The molecule has 2 heterocycles. The van der Waals surface area contributed by atoms with Crippen LogP contribution in [0.25, 0.3) is 0 Å². The molecule has 0 bridgehead atoms. The van der Waals surface area contributed by atoms with Crippen LogP contribution in [-0.4, -0.2) is 143 Å². The second-order valence-electron chi connectivity index (χ2n) is 16.8. The highest BCUT2D eigenvalue weighted by molar-refractivity contribution is 5.08. The van der Waals surface area contributed by atoms with Gasteiger partial charge in [0.25, 0.3) is 5.79 Å². The lowest BCUT2D eigenvalue weighted by atomic mass is 9.84. The zero-order chi connectivity index (χ0) is 43.7. The molecule has 0 aliphatic carbocycles. The molecule has 0 saturated carbocycles. The average Bonchev–Trinajstić information content (AvgIpc) is 3.20. The van der Waals surface area contributed by atoms with Gasteiger partial charge < -0.3 is 74.7 Å². The molecule has 15 heteroatoms. The maximum Gasteiger partial charge on any atom is 0.291 e. The first-order valence-corrected chi connectivity index (χ1v) is 22.6. The minimum atomic E-state index is -3.04. The Kier molecular flexibility index (Phi) is 26.4. The van der Waals surface area contributed by atoms with Crippen LogP contribution in [0.2, 0.25) is 0 Å². The summed E-state index contributed by atoms with van der Waals surface area (Å²) in [6, 6.07) is 0. The summed E-state index contributed by atoms with van der Waals surface area (Å²) in [4.78, 5) is 0. The fraction of sp³-hybridized carbons (Fsp3) is 0.909. The van der Waals surface area contributed by atoms with Gasteiger partial charge in [0.05, 0.1) is 37.9 Å². The standard InChI is InChI=1S/C44H82O15/c1-4-6-8-10-12-14-16-17-19-21-23-25-27-56-44(54)40(51)38(50)36(31-46)58-43(44,28-33(3)47)59-39-37(49)35(30-45)57-42(53,41(39)52)29-34(48)32-55-26-24-22-20-18-15-13-11-9-7-5-2/h24-27,33-41,45-54H,4-23,28-32H2,1-3H3/t33?,34?,35-,36-,37+,38+,39+,40+,41-,42-,43+,44+/m1/s1. The molecule has 12 atom stereocenters. The number of hydrogen-bond donors (Lipinski definition) is 10. The van der Waals surface area contributed by atoms with Crippen LogP contribution >= 0.6 is 0 Å². The Balaban J connectivity index is 2.16. The molecule has 348 valence electrons. The summed E-state index contributed by atoms with van der Waals surface area (Å²) < 4.78 is 28.7. The fourth-order valence-electron chi connectivity index (χ4n) is 7.90. The minimum Gasteiger partial charge on any atom is -0.499 e. The van der Waals surface area contributed by atoms with Gasteiger partial charge in [0.2, 0.25) is 5.79 Å². The van der Waals surface area contributed by atoms with Gasteiger partial charge in [-0.15, -0.1) is 0 Å². The summed E-state index contributed by atoms with van der Waals surface area (Å²) in [5, 5.41) is 110. The Hall–Kier alpha value is -1.44. The quantitative estimate of drug-likeness (QED) is 0.0254. The number of rotatable bonds is 33. The Morgan fingerprint density at radius 2 is 1.08 bits per heavy atom. The first kappa shape index (κ1) is 53.7. The van der Waals surface area contributed by atoms with Gasteiger partial charge in [0.15, 0.2) is 11.9 Å². The summed E-state index contributed by atoms with van der Waals surface area (Å²) in [5.41, 5.74) is 0. The van der Waals surface area contributed by atoms with Crippen LogP contribution in [0.5, 0.6) is 0 Å². The van der Waals surface area contributed by atoms with Gasteiger partial charge in [-0.05, 0) is 44.8 Å². The van der Waals surface area contributed by atoms with Crippen LogP contribution in [0.1, 0.15) is 162 Å². The maximum absolute atomic E-state index is 12.1. The molecule has 0 aromatic heterocycles. The highest BCUT2D eigenvalue weighted by Crippen LogP contribution is 2.46. The number of aliphatic hydroxyl groups is 10. The normalized spacial score (nSPS) is 32.5. The fourth-order valence-corrected chi connectivity index (χ4v) is 7.90. The van der Waals surface area contributed by atoms with Gasteiger partial charge in [-0.3, -0.25) is 0 Å². The van der Waals surface area contributed by atoms with Crippen molar-refractivity contribution in [3.63, 3.8) is 0 Å². The van der Waals surface area contributed by atoms with Crippen LogP contribution in [0.3, 0.4) is 0 Å². The first-order chi connectivity index (χ1) is 28.3. The Labute approximate surface area is 353 Å². The van der Waals surface area contributed by atoms with Gasteiger partial charge >= 0.3 is 0 Å². The van der Waals surface area contributed by atoms with E-state index in [1.807, 2.05) is 6.08 Å². The summed E-state index contributed by atoms with van der Waals surface area (Å²) in [5.74, 6) is -8.45. The molecule has 0 amide bonds. The number of unbranched alkanes of at least 4 members (excludes halogenated alkanes) is 18. The van der Waals surface area contributed by atoms with E-state index in [0.717, 1.165) is 51.2 Å². The van der Waals surface area contributed by atoms with Crippen LogP contribution in [-0.2, 0) is 23.7 Å². The minimum absolute atomic E-state index is 0.305. The zero-order valence-electron chi connectivity index (χ0n) is 36.2. The molecule has 0 radical (unpaired) electrons. The van der Waals surface area contributed by atoms with Gasteiger partial charge in [0.1, 0.15) is 43.2 Å². The van der Waals surface area contributed by atoms with Gasteiger partial charge in [-0.25, -0.2) is 0 Å². The van der Waals surface area contributed by atoms with Crippen molar-refractivity contribution < 1.29 is 74.7 Å². The van der Waals surface area contributed by atoms with E-state index < -0.39 is 98.4 Å². The van der Waals surface area contributed by atoms with E-state index in [2.05, 4.69) is 13.8 Å². The number of allylic oxidation sites excluding steroid dienone is 2. The SMILES string of the molecule is CCCCCCCCCCC=COCC(O)C[C@@]1(O)O[C@H](CO)[C@H](O)[C@H](O[C@]2(CC(C)O)O[C@H](CO)[C@H](O)[C@H](O)[C@]2(O)OC=CCCCCCCCCCCCC)[C@H]1O. The van der Waals surface area contributed by atoms with E-state index in [-0.39, 0.29) is 6.61 Å². The van der Waals surface area contributed by atoms with Crippen molar-refractivity contribution in [1.29, 1.82) is 0 Å². The van der Waals surface area contributed by atoms with E-state index in [4.69, 9.17) is 23.7 Å². The highest BCUT2D eigenvalue weighted by Gasteiger charge is 2.69. The van der Waals surface area contributed by atoms with E-state index >= 15 is 0 Å². The summed E-state index contributed by atoms with van der Waals surface area (Å²) in [6.07, 6.45) is 10.5. The monoisotopic (exact) mass is 851 g/mol. The summed E-state index contributed by atoms with van der Waals surface area (Å²) in [7, 11) is 0. The van der Waals surface area contributed by atoms with E-state index in [9.17, 15) is 51.1 Å². The molecule has 0 aromatic carbocycles. The molecule has 59 heavy (non-hydrogen) atoms. The molecule has 0 spiro atoms. The largest absolute Gasteiger partial charge is 0.499 e. The number of ether oxygens (including phenoxy) is 5. The molecule has 2 saturated heterocycles. The highest BCUT2D eigenvalue weighted by atomic mass is 16.8. The van der Waals surface area contributed by atoms with Gasteiger partial charge in [0, 0.05) is 12.8 Å². The predicted octanol–water partition coefficient (Wildman–Crippen LogP) is 4.10. The lowest BCUT2D eigenvalue weighted by molar-refractivity contribution is -0.483. The smallest absolute Gasteiger partial charge is 0.291 e. The molecule has 2 aliphatic rings. The molecule has 2 aliphatic heterocycles. The van der Waals surface area contributed by atoms with Gasteiger partial charge in [-0.1, -0.05) is 117 Å². The third kappa shape index (κ3) is 17.3. The molecule has 2 rings (SSSR count). The molecular weight excluding hydrogens is 768 g/mol. The number of hydrogen-bond acceptors (Lipinski definition) is 15. The van der Waals surface area contributed by atoms with E-state index in [1.54, 1.807) is 6.08 Å². The van der Waals surface area contributed by atoms with Crippen molar-refractivity contribution >= 4 is 0 Å². The summed E-state index contributed by atoms with van der Waals surface area (Å²) in [6.45, 7) is 3.60. The maximum atomic E-state index is 12.1. The molecule has 10 N–H and O–H groups in total. The molecular formula is C44H82O15. The van der Waals surface area contributed by atoms with Crippen LogP contribution in [0, 0.1) is 0 Å². The second-order valence-corrected chi connectivity index (χ2v) is 16.8. The molecule has 2 unspecified atom stereocenters. The Morgan fingerprint density at radius 3 is 1.58 bits per heavy atom. The van der Waals surface area contributed by atoms with Crippen molar-refractivity contribution in [1.82, 2.24) is 0 Å². The first-order valence-electron chi connectivity index (χ1n) is 22.6. The number of aliphatic hydroxyl groups excluding tert-OH is 8. The Morgan fingerprint density at radius 1 is 0.610 bits per heavy atom. The zero-order valence-corrected chi connectivity index (χ0v) is 36.2. The van der Waals surface area contributed by atoms with Crippen molar-refractivity contribution in [3.8, 4) is 0 Å². The van der Waals surface area contributed by atoms with Crippen molar-refractivity contribution in [3.05, 3.63) is 24.7 Å². The van der Waals surface area contributed by atoms with E-state index in [0.29, 0.717) is 6.42 Å². The topological polar surface area (TPSA) is 248 Å². The predicted molar refractivity (Wildman–Crippen MR) is 221 cm³/mol. The third-order valence-electron chi connectivity index (χ3n) is 11.4. The van der Waals surface area contributed by atoms with E-state index in [1.165, 1.54) is 90.2 Å². The average molecular weight is 851 g/mol. The van der Waals surface area contributed by atoms with Crippen LogP contribution in [0.4, 0.5) is 0 Å². The summed E-state index contributed by atoms with van der Waals surface area (Å²) >= 11 is 0. The lowest BCUT2D eigenvalue weighted by Gasteiger charge is -2.57. The van der Waals surface area contributed by atoms with Crippen LogP contribution in [0.15, 0.2) is 24.7 Å². The van der Waals surface area contributed by atoms with Gasteiger partial charge in [-0.2, -0.15) is 0 Å². The molecule has 2 fully saturated rings. The molecule has 15 nitrogen and oxygen atoms in total. The Bertz CT molecular complexity index is 1130. The molecule has 0 aromatic rings. The third-order valence-corrected chi connectivity index (χ3v) is 11.4. The van der Waals surface area contributed by atoms with Crippen molar-refractivity contribution in [2.24, 2.45) is 0 Å². The lowest BCUT2D eigenvalue weighted by Crippen LogP contribution is -2.77.